The number of fused-ring (bicyclic) bond motifs is 1. The summed E-state index contributed by atoms with van der Waals surface area (Å²) in [7, 11) is 0. The molecule has 1 aliphatic heterocycles. The maximum atomic E-state index is 9.03. The van der Waals surface area contributed by atoms with E-state index in [1.54, 1.807) is 18.2 Å². The van der Waals surface area contributed by atoms with E-state index >= 15 is 0 Å². The zero-order valence-electron chi connectivity index (χ0n) is 5.29. The Hall–Kier alpha value is -1.44. The third kappa shape index (κ3) is 0.530. The van der Waals surface area contributed by atoms with Crippen molar-refractivity contribution >= 4 is 6.08 Å². The van der Waals surface area contributed by atoms with Crippen molar-refractivity contribution in [3.8, 4) is 17.2 Å². The van der Waals surface area contributed by atoms with Gasteiger partial charge in [0.05, 0.1) is 0 Å². The molecule has 1 heterocycles. The summed E-state index contributed by atoms with van der Waals surface area (Å²) < 4.78 is 4.97. The molecule has 2 heteroatoms. The lowest BCUT2D eigenvalue weighted by Gasteiger charge is -1.84. The molecule has 0 saturated heterocycles. The fourth-order valence-corrected chi connectivity index (χ4v) is 0.916. The Bertz CT molecular complexity index is 302. The second kappa shape index (κ2) is 1.53. The molecule has 1 N–H and O–H groups in total. The minimum absolute atomic E-state index is 0.209. The van der Waals surface area contributed by atoms with Gasteiger partial charge in [-0.2, -0.15) is 0 Å². The van der Waals surface area contributed by atoms with Crippen LogP contribution < -0.4 is 4.74 Å². The van der Waals surface area contributed by atoms with Gasteiger partial charge >= 0.3 is 0 Å². The van der Waals surface area contributed by atoms with Crippen LogP contribution in [0.3, 0.4) is 0 Å². The summed E-state index contributed by atoms with van der Waals surface area (Å²) in [4.78, 5) is 0. The quantitative estimate of drug-likeness (QED) is 0.606. The topological polar surface area (TPSA) is 32.8 Å². The van der Waals surface area contributed by atoms with Gasteiger partial charge in [0.1, 0.15) is 0 Å². The molecule has 0 fully saturated rings. The molecular formula is C8H6O2. The second-order valence-corrected chi connectivity index (χ2v) is 2.14. The molecule has 2 rings (SSSR count). The average molecular weight is 134 g/mol. The van der Waals surface area contributed by atoms with Crippen LogP contribution in [0, 0.1) is 0 Å². The summed E-state index contributed by atoms with van der Waals surface area (Å²) >= 11 is 0. The minimum Gasteiger partial charge on any atom is -0.504 e. The van der Waals surface area contributed by atoms with Gasteiger partial charge in [-0.25, -0.2) is 0 Å². The lowest BCUT2D eigenvalue weighted by Crippen LogP contribution is -1.60. The molecule has 0 radical (unpaired) electrons. The average Bonchev–Trinajstić information content (AvgIpc) is 2.68. The summed E-state index contributed by atoms with van der Waals surface area (Å²) in [6, 6.07) is 3.37. The number of ether oxygens (including phenoxy) is 1. The first-order valence-electron chi connectivity index (χ1n) is 2.99. The number of benzene rings is 1. The zero-order valence-corrected chi connectivity index (χ0v) is 5.29. The summed E-state index contributed by atoms with van der Waals surface area (Å²) in [6.07, 6.45) is 1.70. The molecule has 50 valence electrons. The first-order chi connectivity index (χ1) is 4.83. The highest BCUT2D eigenvalue weighted by Gasteiger charge is 2.27. The predicted octanol–water partition coefficient (Wildman–Crippen LogP) is 2.14. The van der Waals surface area contributed by atoms with Crippen LogP contribution in [0.25, 0.3) is 6.08 Å². The highest BCUT2D eigenvalue weighted by atomic mass is 16.6. The molecule has 0 saturated carbocycles. The Balaban J connectivity index is 2.62. The number of aromatic hydroxyl groups is 1. The van der Waals surface area contributed by atoms with E-state index in [1.165, 1.54) is 0 Å². The molecule has 10 heavy (non-hydrogen) atoms. The molecule has 0 atom stereocenters. The summed E-state index contributed by atoms with van der Waals surface area (Å²) in [6.45, 7) is 3.59. The van der Waals surface area contributed by atoms with E-state index in [9.17, 15) is 0 Å². The number of hydrogen-bond acceptors (Lipinski definition) is 2. The summed E-state index contributed by atoms with van der Waals surface area (Å²) in [5.74, 6) is 1.56. The Morgan fingerprint density at radius 1 is 1.40 bits per heavy atom. The monoisotopic (exact) mass is 134 g/mol. The van der Waals surface area contributed by atoms with Gasteiger partial charge in [-0.05, 0) is 12.1 Å². The number of hydrogen-bond donors (Lipinski definition) is 1. The van der Waals surface area contributed by atoms with Crippen molar-refractivity contribution in [2.24, 2.45) is 0 Å². The van der Waals surface area contributed by atoms with Gasteiger partial charge in [0, 0.05) is 5.56 Å². The molecule has 0 amide bonds. The van der Waals surface area contributed by atoms with Gasteiger partial charge in [0.15, 0.2) is 11.5 Å². The number of phenolic OH excluding ortho intramolecular Hbond substituents is 1. The lowest BCUT2D eigenvalue weighted by molar-refractivity contribution is 0.463. The third-order valence-electron chi connectivity index (χ3n) is 1.50. The maximum Gasteiger partial charge on any atom is 0.212 e. The molecule has 1 aromatic rings. The van der Waals surface area contributed by atoms with Crippen LogP contribution in [0.2, 0.25) is 0 Å². The number of phenols is 1. The van der Waals surface area contributed by atoms with Gasteiger partial charge in [-0.1, -0.05) is 12.7 Å². The zero-order chi connectivity index (χ0) is 7.14. The Morgan fingerprint density at radius 2 is 2.20 bits per heavy atom. The normalized spacial score (nSPS) is 11.6. The maximum absolute atomic E-state index is 9.03. The van der Waals surface area contributed by atoms with Crippen molar-refractivity contribution in [1.82, 2.24) is 0 Å². The minimum atomic E-state index is 0.209. The molecule has 1 aromatic carbocycles. The van der Waals surface area contributed by atoms with E-state index < -0.39 is 0 Å². The SMILES string of the molecule is C=Cc1ccc(O)c2c1O2. The molecule has 0 aromatic heterocycles. The first kappa shape index (κ1) is 5.35. The molecule has 0 spiro atoms. The number of rotatable bonds is 1. The Labute approximate surface area is 58.4 Å². The van der Waals surface area contributed by atoms with Crippen LogP contribution in [-0.4, -0.2) is 5.11 Å². The second-order valence-electron chi connectivity index (χ2n) is 2.14. The molecular weight excluding hydrogens is 128 g/mol. The van der Waals surface area contributed by atoms with Crippen LogP contribution in [0.5, 0.6) is 17.2 Å². The van der Waals surface area contributed by atoms with E-state index in [4.69, 9.17) is 9.84 Å². The lowest BCUT2D eigenvalue weighted by atomic mass is 10.2. The molecule has 0 unspecified atom stereocenters. The molecule has 0 aliphatic carbocycles. The van der Waals surface area contributed by atoms with Crippen molar-refractivity contribution in [3.05, 3.63) is 24.3 Å². The van der Waals surface area contributed by atoms with Gasteiger partial charge < -0.3 is 9.84 Å². The van der Waals surface area contributed by atoms with Crippen molar-refractivity contribution in [2.75, 3.05) is 0 Å². The van der Waals surface area contributed by atoms with Gasteiger partial charge in [0.25, 0.3) is 0 Å². The smallest absolute Gasteiger partial charge is 0.212 e. The van der Waals surface area contributed by atoms with Gasteiger partial charge in [-0.15, -0.1) is 0 Å². The Kier molecular flexibility index (Phi) is 0.822. The van der Waals surface area contributed by atoms with E-state index in [1.807, 2.05) is 0 Å². The van der Waals surface area contributed by atoms with E-state index in [0.29, 0.717) is 5.75 Å². The van der Waals surface area contributed by atoms with E-state index in [-0.39, 0.29) is 5.75 Å². The van der Waals surface area contributed by atoms with Crippen molar-refractivity contribution in [2.45, 2.75) is 0 Å². The third-order valence-corrected chi connectivity index (χ3v) is 1.50. The fraction of sp³-hybridized carbons (Fsp3) is 0. The summed E-state index contributed by atoms with van der Waals surface area (Å²) in [5, 5.41) is 9.03. The van der Waals surface area contributed by atoms with Crippen LogP contribution in [-0.2, 0) is 0 Å². The van der Waals surface area contributed by atoms with Crippen LogP contribution in [0.4, 0.5) is 0 Å². The fourth-order valence-electron chi connectivity index (χ4n) is 0.916. The van der Waals surface area contributed by atoms with Crippen LogP contribution in [0.1, 0.15) is 5.56 Å². The standard InChI is InChI=1S/C8H6O2/c1-2-5-3-4-6(9)8-7(5)10-8/h2-4,9H,1H2. The summed E-state index contributed by atoms with van der Waals surface area (Å²) in [5.41, 5.74) is 0.938. The van der Waals surface area contributed by atoms with E-state index in [0.717, 1.165) is 11.3 Å². The molecule has 2 nitrogen and oxygen atoms in total. The first-order valence-corrected chi connectivity index (χ1v) is 2.99. The van der Waals surface area contributed by atoms with E-state index in [2.05, 4.69) is 6.58 Å². The molecule has 0 bridgehead atoms. The van der Waals surface area contributed by atoms with Crippen molar-refractivity contribution in [1.29, 1.82) is 0 Å². The molecule has 1 aliphatic rings. The Morgan fingerprint density at radius 3 is 2.90 bits per heavy atom. The highest BCUT2D eigenvalue weighted by Crippen LogP contribution is 2.54. The van der Waals surface area contributed by atoms with Crippen molar-refractivity contribution < 1.29 is 9.84 Å². The highest BCUT2D eigenvalue weighted by molar-refractivity contribution is 5.73. The largest absolute Gasteiger partial charge is 0.504 e. The van der Waals surface area contributed by atoms with Crippen LogP contribution >= 0.6 is 0 Å². The van der Waals surface area contributed by atoms with Crippen molar-refractivity contribution in [3.63, 3.8) is 0 Å². The van der Waals surface area contributed by atoms with Gasteiger partial charge in [-0.3, -0.25) is 0 Å². The predicted molar refractivity (Wildman–Crippen MR) is 38.3 cm³/mol. The van der Waals surface area contributed by atoms with Crippen LogP contribution in [0.15, 0.2) is 18.7 Å². The van der Waals surface area contributed by atoms with Gasteiger partial charge in [0.2, 0.25) is 5.75 Å².